The van der Waals surface area contributed by atoms with Gasteiger partial charge in [0.1, 0.15) is 5.76 Å². The van der Waals surface area contributed by atoms with Gasteiger partial charge in [-0.2, -0.15) is 0 Å². The lowest BCUT2D eigenvalue weighted by atomic mass is 9.95. The van der Waals surface area contributed by atoms with Gasteiger partial charge in [0.2, 0.25) is 0 Å². The Kier molecular flexibility index (Phi) is 3.19. The van der Waals surface area contributed by atoms with Crippen LogP contribution in [-0.4, -0.2) is 18.2 Å². The molecule has 2 heterocycles. The Balaban J connectivity index is 2.00. The summed E-state index contributed by atoms with van der Waals surface area (Å²) in [5, 5.41) is 7.44. The van der Waals surface area contributed by atoms with Crippen LogP contribution in [0.3, 0.4) is 0 Å². The van der Waals surface area contributed by atoms with Gasteiger partial charge in [-0.15, -0.1) is 0 Å². The summed E-state index contributed by atoms with van der Waals surface area (Å²) >= 11 is 0. The number of aryl methyl sites for hydroxylation is 1. The van der Waals surface area contributed by atoms with Crippen molar-refractivity contribution in [2.75, 3.05) is 13.1 Å². The Morgan fingerprint density at radius 1 is 1.50 bits per heavy atom. The average Bonchev–Trinajstić information content (AvgIpc) is 2.68. The van der Waals surface area contributed by atoms with Crippen LogP contribution in [0.25, 0.3) is 0 Å². The predicted octanol–water partition coefficient (Wildman–Crippen LogP) is 2.09. The topological polar surface area (TPSA) is 38.1 Å². The number of nitrogens with one attached hydrogen (secondary N) is 1. The van der Waals surface area contributed by atoms with Gasteiger partial charge in [-0.25, -0.2) is 0 Å². The van der Waals surface area contributed by atoms with Gasteiger partial charge in [-0.1, -0.05) is 18.5 Å². The van der Waals surface area contributed by atoms with Crippen molar-refractivity contribution in [1.82, 2.24) is 10.5 Å². The van der Waals surface area contributed by atoms with Crippen molar-refractivity contribution >= 4 is 0 Å². The first-order valence-electron chi connectivity index (χ1n) is 5.56. The molecule has 0 aliphatic carbocycles. The Labute approximate surface area is 84.9 Å². The van der Waals surface area contributed by atoms with Crippen molar-refractivity contribution < 1.29 is 4.52 Å². The molecule has 1 aliphatic heterocycles. The molecule has 0 spiro atoms. The number of rotatable bonds is 3. The molecule has 1 aromatic rings. The minimum Gasteiger partial charge on any atom is -0.361 e. The maximum Gasteiger partial charge on any atom is 0.140 e. The van der Waals surface area contributed by atoms with E-state index in [9.17, 15) is 0 Å². The van der Waals surface area contributed by atoms with Crippen LogP contribution in [0, 0.1) is 0 Å². The highest BCUT2D eigenvalue weighted by Gasteiger charge is 2.19. The van der Waals surface area contributed by atoms with E-state index in [2.05, 4.69) is 23.5 Å². The zero-order chi connectivity index (χ0) is 9.80. The van der Waals surface area contributed by atoms with Crippen molar-refractivity contribution in [2.45, 2.75) is 38.5 Å². The third-order valence-corrected chi connectivity index (χ3v) is 2.82. The van der Waals surface area contributed by atoms with Gasteiger partial charge in [0.05, 0.1) is 5.69 Å². The number of hydrogen-bond acceptors (Lipinski definition) is 3. The highest BCUT2D eigenvalue weighted by Crippen LogP contribution is 2.25. The van der Waals surface area contributed by atoms with E-state index >= 15 is 0 Å². The normalized spacial score (nSPS) is 18.6. The lowest BCUT2D eigenvalue weighted by Crippen LogP contribution is -2.26. The summed E-state index contributed by atoms with van der Waals surface area (Å²) in [6, 6.07) is 2.14. The average molecular weight is 194 g/mol. The fourth-order valence-corrected chi connectivity index (χ4v) is 2.00. The number of hydrogen-bond donors (Lipinski definition) is 1. The molecule has 0 radical (unpaired) electrons. The van der Waals surface area contributed by atoms with Crippen LogP contribution >= 0.6 is 0 Å². The molecule has 0 bridgehead atoms. The van der Waals surface area contributed by atoms with Gasteiger partial charge in [0.15, 0.2) is 0 Å². The molecule has 0 atom stereocenters. The maximum absolute atomic E-state index is 5.38. The lowest BCUT2D eigenvalue weighted by Gasteiger charge is -2.19. The van der Waals surface area contributed by atoms with Crippen LogP contribution in [0.5, 0.6) is 0 Å². The lowest BCUT2D eigenvalue weighted by molar-refractivity contribution is 0.324. The summed E-state index contributed by atoms with van der Waals surface area (Å²) < 4.78 is 5.38. The summed E-state index contributed by atoms with van der Waals surface area (Å²) in [7, 11) is 0. The fraction of sp³-hybridized carbons (Fsp3) is 0.727. The van der Waals surface area contributed by atoms with Gasteiger partial charge in [-0.3, -0.25) is 0 Å². The van der Waals surface area contributed by atoms with E-state index in [4.69, 9.17) is 4.52 Å². The molecule has 0 aromatic carbocycles. The molecule has 78 valence electrons. The second-order valence-corrected chi connectivity index (χ2v) is 3.99. The predicted molar refractivity (Wildman–Crippen MR) is 55.3 cm³/mol. The molecule has 0 amide bonds. The molecule has 3 nitrogen and oxygen atoms in total. The van der Waals surface area contributed by atoms with Crippen LogP contribution in [0.1, 0.15) is 43.6 Å². The van der Waals surface area contributed by atoms with Gasteiger partial charge < -0.3 is 9.84 Å². The number of nitrogens with zero attached hydrogens (tertiary/aromatic N) is 1. The molecular weight excluding hydrogens is 176 g/mol. The Bertz CT molecular complexity index is 277. The molecule has 1 aliphatic rings. The fourth-order valence-electron chi connectivity index (χ4n) is 2.00. The molecule has 14 heavy (non-hydrogen) atoms. The van der Waals surface area contributed by atoms with Crippen LogP contribution in [0.4, 0.5) is 0 Å². The number of aromatic nitrogens is 1. The summed E-state index contributed by atoms with van der Waals surface area (Å²) in [6.07, 6.45) is 4.54. The van der Waals surface area contributed by atoms with Gasteiger partial charge in [0.25, 0.3) is 0 Å². The Morgan fingerprint density at radius 2 is 2.29 bits per heavy atom. The molecule has 0 saturated carbocycles. The zero-order valence-corrected chi connectivity index (χ0v) is 8.75. The summed E-state index contributed by atoms with van der Waals surface area (Å²) in [6.45, 7) is 4.38. The third-order valence-electron chi connectivity index (χ3n) is 2.82. The highest BCUT2D eigenvalue weighted by atomic mass is 16.5. The largest absolute Gasteiger partial charge is 0.361 e. The Morgan fingerprint density at radius 3 is 3.00 bits per heavy atom. The molecule has 1 fully saturated rings. The monoisotopic (exact) mass is 194 g/mol. The summed E-state index contributed by atoms with van der Waals surface area (Å²) in [5.41, 5.74) is 1.11. The SMILES string of the molecule is CCCc1cc(C2CCNCC2)on1. The van der Waals surface area contributed by atoms with Crippen molar-refractivity contribution in [3.05, 3.63) is 17.5 Å². The maximum atomic E-state index is 5.38. The summed E-state index contributed by atoms with van der Waals surface area (Å²) in [5.74, 6) is 1.68. The van der Waals surface area contributed by atoms with E-state index in [1.807, 2.05) is 0 Å². The smallest absolute Gasteiger partial charge is 0.140 e. The minimum absolute atomic E-state index is 0.592. The van der Waals surface area contributed by atoms with Gasteiger partial charge in [0, 0.05) is 12.0 Å². The molecule has 1 N–H and O–H groups in total. The molecule has 1 saturated heterocycles. The Hall–Kier alpha value is -0.830. The van der Waals surface area contributed by atoms with Crippen molar-refractivity contribution in [3.8, 4) is 0 Å². The van der Waals surface area contributed by atoms with E-state index in [1.165, 1.54) is 12.8 Å². The number of piperidine rings is 1. The second-order valence-electron chi connectivity index (χ2n) is 3.99. The first-order chi connectivity index (χ1) is 6.90. The second kappa shape index (κ2) is 4.60. The van der Waals surface area contributed by atoms with Crippen LogP contribution in [0.2, 0.25) is 0 Å². The van der Waals surface area contributed by atoms with E-state index in [0.29, 0.717) is 5.92 Å². The molecule has 3 heteroatoms. The highest BCUT2D eigenvalue weighted by molar-refractivity contribution is 5.10. The van der Waals surface area contributed by atoms with Crippen LogP contribution < -0.4 is 5.32 Å². The van der Waals surface area contributed by atoms with Crippen molar-refractivity contribution in [1.29, 1.82) is 0 Å². The van der Waals surface area contributed by atoms with E-state index in [1.54, 1.807) is 0 Å². The first kappa shape index (κ1) is 9.71. The van der Waals surface area contributed by atoms with Crippen LogP contribution in [0.15, 0.2) is 10.6 Å². The van der Waals surface area contributed by atoms with Gasteiger partial charge >= 0.3 is 0 Å². The zero-order valence-electron chi connectivity index (χ0n) is 8.75. The van der Waals surface area contributed by atoms with Crippen molar-refractivity contribution in [2.24, 2.45) is 0 Å². The minimum atomic E-state index is 0.592. The standard InChI is InChI=1S/C11H18N2O/c1-2-3-10-8-11(14-13-10)9-4-6-12-7-5-9/h8-9,12H,2-7H2,1H3. The first-order valence-corrected chi connectivity index (χ1v) is 5.56. The van der Waals surface area contributed by atoms with Crippen LogP contribution in [-0.2, 0) is 6.42 Å². The molecule has 2 rings (SSSR count). The molecule has 1 aromatic heterocycles. The summed E-state index contributed by atoms with van der Waals surface area (Å²) in [4.78, 5) is 0. The van der Waals surface area contributed by atoms with E-state index in [-0.39, 0.29) is 0 Å². The third kappa shape index (κ3) is 2.15. The molecule has 0 unspecified atom stereocenters. The van der Waals surface area contributed by atoms with E-state index in [0.717, 1.165) is 37.4 Å². The molecular formula is C11H18N2O. The van der Waals surface area contributed by atoms with E-state index < -0.39 is 0 Å². The quantitative estimate of drug-likeness (QED) is 0.800. The van der Waals surface area contributed by atoms with Gasteiger partial charge in [-0.05, 0) is 32.4 Å². The van der Waals surface area contributed by atoms with Crippen molar-refractivity contribution in [3.63, 3.8) is 0 Å².